The molecule has 0 spiro atoms. The molecule has 0 fully saturated rings. The molecule has 6 heteroatoms. The smallest absolute Gasteiger partial charge is 0.456 e. The van der Waals surface area contributed by atoms with Gasteiger partial charge in [-0.1, -0.05) is 43.3 Å². The van der Waals surface area contributed by atoms with E-state index in [1.807, 2.05) is 6.92 Å². The minimum Gasteiger partial charge on any atom is -0.456 e. The molecule has 2 aromatic carbocycles. The van der Waals surface area contributed by atoms with Gasteiger partial charge in [0.1, 0.15) is 11.4 Å². The number of hydrogen-bond donors (Lipinski definition) is 0. The Hall–Kier alpha value is -2.50. The number of para-hydroxylation sites is 1. The molecule has 0 aliphatic heterocycles. The van der Waals surface area contributed by atoms with Crippen LogP contribution in [0.25, 0.3) is 11.1 Å². The normalized spacial score (nSPS) is 11.9. The van der Waals surface area contributed by atoms with E-state index in [-0.39, 0.29) is 16.9 Å². The molecule has 2 aromatic rings. The van der Waals surface area contributed by atoms with Crippen LogP contribution in [0.4, 0.5) is 13.2 Å². The van der Waals surface area contributed by atoms with Crippen molar-refractivity contribution in [3.63, 3.8) is 0 Å². The van der Waals surface area contributed by atoms with Crippen LogP contribution in [-0.2, 0) is 4.74 Å². The summed E-state index contributed by atoms with van der Waals surface area (Å²) in [7, 11) is 0. The van der Waals surface area contributed by atoms with Crippen molar-refractivity contribution in [2.24, 2.45) is 0 Å². The number of ether oxygens (including phenoxy) is 2. The second kappa shape index (κ2) is 7.17. The predicted octanol–water partition coefficient (Wildman–Crippen LogP) is 5.60. The summed E-state index contributed by atoms with van der Waals surface area (Å²) >= 11 is 0. The predicted molar refractivity (Wildman–Crippen MR) is 88.3 cm³/mol. The lowest BCUT2D eigenvalue weighted by Crippen LogP contribution is -2.27. The lowest BCUT2D eigenvalue weighted by Gasteiger charge is -2.24. The number of esters is 1. The average molecular weight is 352 g/mol. The molecule has 0 saturated heterocycles. The van der Waals surface area contributed by atoms with Crippen LogP contribution < -0.4 is 4.74 Å². The highest BCUT2D eigenvalue weighted by Gasteiger charge is 2.32. The van der Waals surface area contributed by atoms with Gasteiger partial charge in [0, 0.05) is 5.56 Å². The SMILES string of the molecule is CCC(C)(C)OC(=O)c1ccccc1-c1ccccc1OC(F)(F)F. The number of carbonyl (C=O) groups is 1. The van der Waals surface area contributed by atoms with E-state index in [4.69, 9.17) is 4.74 Å². The van der Waals surface area contributed by atoms with Crippen LogP contribution in [0, 0.1) is 0 Å². The standard InChI is InChI=1S/C19H19F3O3/c1-4-18(2,3)25-17(23)15-11-6-5-9-13(15)14-10-7-8-12-16(14)24-19(20,21)22/h5-12H,4H2,1-3H3. The lowest BCUT2D eigenvalue weighted by molar-refractivity contribution is -0.274. The first-order valence-corrected chi connectivity index (χ1v) is 7.80. The van der Waals surface area contributed by atoms with Gasteiger partial charge in [0.25, 0.3) is 0 Å². The molecule has 3 nitrogen and oxygen atoms in total. The van der Waals surface area contributed by atoms with Crippen molar-refractivity contribution >= 4 is 5.97 Å². The summed E-state index contributed by atoms with van der Waals surface area (Å²) in [6.07, 6.45) is -4.22. The highest BCUT2D eigenvalue weighted by molar-refractivity contribution is 5.98. The molecule has 0 amide bonds. The van der Waals surface area contributed by atoms with Gasteiger partial charge in [-0.05, 0) is 38.0 Å². The van der Waals surface area contributed by atoms with E-state index in [9.17, 15) is 18.0 Å². The van der Waals surface area contributed by atoms with Gasteiger partial charge in [0.15, 0.2) is 0 Å². The molecule has 2 rings (SSSR count). The maximum Gasteiger partial charge on any atom is 0.573 e. The Morgan fingerprint density at radius 1 is 0.960 bits per heavy atom. The first kappa shape index (κ1) is 18.8. The number of carbonyl (C=O) groups excluding carboxylic acids is 1. The summed E-state index contributed by atoms with van der Waals surface area (Å²) in [6, 6.07) is 12.1. The van der Waals surface area contributed by atoms with Crippen LogP contribution in [0.3, 0.4) is 0 Å². The summed E-state index contributed by atoms with van der Waals surface area (Å²) in [5.41, 5.74) is -0.00481. The number of benzene rings is 2. The molecule has 0 N–H and O–H groups in total. The second-order valence-electron chi connectivity index (χ2n) is 6.09. The fourth-order valence-electron chi connectivity index (χ4n) is 2.18. The first-order valence-electron chi connectivity index (χ1n) is 7.80. The van der Waals surface area contributed by atoms with Gasteiger partial charge in [-0.15, -0.1) is 13.2 Å². The van der Waals surface area contributed by atoms with Crippen molar-refractivity contribution in [2.45, 2.75) is 39.2 Å². The lowest BCUT2D eigenvalue weighted by atomic mass is 9.98. The average Bonchev–Trinajstić information content (AvgIpc) is 2.53. The third-order valence-electron chi connectivity index (χ3n) is 3.77. The first-order chi connectivity index (χ1) is 11.6. The van der Waals surface area contributed by atoms with Crippen molar-refractivity contribution in [1.82, 2.24) is 0 Å². The van der Waals surface area contributed by atoms with Crippen molar-refractivity contribution < 1.29 is 27.4 Å². The fraction of sp³-hybridized carbons (Fsp3) is 0.316. The molecule has 25 heavy (non-hydrogen) atoms. The van der Waals surface area contributed by atoms with Crippen LogP contribution in [0.5, 0.6) is 5.75 Å². The molecule has 134 valence electrons. The van der Waals surface area contributed by atoms with Gasteiger partial charge in [0.2, 0.25) is 0 Å². The Kier molecular flexibility index (Phi) is 5.40. The van der Waals surface area contributed by atoms with E-state index >= 15 is 0 Å². The van der Waals surface area contributed by atoms with E-state index in [0.717, 1.165) is 0 Å². The van der Waals surface area contributed by atoms with E-state index in [1.54, 1.807) is 38.1 Å². The van der Waals surface area contributed by atoms with E-state index in [2.05, 4.69) is 4.74 Å². The molecular formula is C19H19F3O3. The van der Waals surface area contributed by atoms with Gasteiger partial charge in [-0.3, -0.25) is 0 Å². The fourth-order valence-corrected chi connectivity index (χ4v) is 2.18. The number of rotatable bonds is 5. The summed E-state index contributed by atoms with van der Waals surface area (Å²) < 4.78 is 47.5. The number of alkyl halides is 3. The van der Waals surface area contributed by atoms with Crippen molar-refractivity contribution in [3.05, 3.63) is 54.1 Å². The molecule has 0 aromatic heterocycles. The molecule has 0 aliphatic rings. The van der Waals surface area contributed by atoms with Crippen molar-refractivity contribution in [2.75, 3.05) is 0 Å². The summed E-state index contributed by atoms with van der Waals surface area (Å²) in [5, 5.41) is 0. The van der Waals surface area contributed by atoms with Gasteiger partial charge < -0.3 is 9.47 Å². The highest BCUT2D eigenvalue weighted by atomic mass is 19.4. The zero-order valence-electron chi connectivity index (χ0n) is 14.2. The van der Waals surface area contributed by atoms with Crippen LogP contribution in [0.1, 0.15) is 37.6 Å². The van der Waals surface area contributed by atoms with Crippen molar-refractivity contribution in [3.8, 4) is 16.9 Å². The Bertz CT molecular complexity index is 752. The largest absolute Gasteiger partial charge is 0.573 e. The maximum absolute atomic E-state index is 12.7. The third kappa shape index (κ3) is 4.98. The molecular weight excluding hydrogens is 333 g/mol. The molecule has 0 heterocycles. The molecule has 0 radical (unpaired) electrons. The monoisotopic (exact) mass is 352 g/mol. The topological polar surface area (TPSA) is 35.5 Å². The molecule has 0 atom stereocenters. The van der Waals surface area contributed by atoms with Crippen molar-refractivity contribution in [1.29, 1.82) is 0 Å². The molecule has 0 saturated carbocycles. The van der Waals surface area contributed by atoms with Gasteiger partial charge in [0.05, 0.1) is 5.56 Å². The van der Waals surface area contributed by atoms with Crippen LogP contribution >= 0.6 is 0 Å². The Balaban J connectivity index is 2.47. The van der Waals surface area contributed by atoms with Gasteiger partial charge in [-0.25, -0.2) is 4.79 Å². The Morgan fingerprint density at radius 3 is 2.12 bits per heavy atom. The van der Waals surface area contributed by atoms with Gasteiger partial charge >= 0.3 is 12.3 Å². The summed E-state index contributed by atoms with van der Waals surface area (Å²) in [5.74, 6) is -0.964. The Labute approximate surface area is 144 Å². The minimum absolute atomic E-state index is 0.168. The van der Waals surface area contributed by atoms with E-state index in [1.165, 1.54) is 24.3 Å². The third-order valence-corrected chi connectivity index (χ3v) is 3.77. The van der Waals surface area contributed by atoms with E-state index in [0.29, 0.717) is 12.0 Å². The van der Waals surface area contributed by atoms with Crippen LogP contribution in [0.15, 0.2) is 48.5 Å². The summed E-state index contributed by atoms with van der Waals surface area (Å²) in [4.78, 5) is 12.5. The number of halogens is 3. The van der Waals surface area contributed by atoms with E-state index < -0.39 is 17.9 Å². The maximum atomic E-state index is 12.7. The zero-order valence-corrected chi connectivity index (χ0v) is 14.2. The molecule has 0 unspecified atom stereocenters. The molecule has 0 aliphatic carbocycles. The zero-order chi connectivity index (χ0) is 18.7. The number of hydrogen-bond acceptors (Lipinski definition) is 3. The molecule has 0 bridgehead atoms. The Morgan fingerprint density at radius 2 is 1.52 bits per heavy atom. The quantitative estimate of drug-likeness (QED) is 0.657. The van der Waals surface area contributed by atoms with Crippen LogP contribution in [0.2, 0.25) is 0 Å². The van der Waals surface area contributed by atoms with Crippen LogP contribution in [-0.4, -0.2) is 17.9 Å². The highest BCUT2D eigenvalue weighted by Crippen LogP contribution is 2.36. The second-order valence-corrected chi connectivity index (χ2v) is 6.09. The minimum atomic E-state index is -4.82. The van der Waals surface area contributed by atoms with Gasteiger partial charge in [-0.2, -0.15) is 0 Å². The summed E-state index contributed by atoms with van der Waals surface area (Å²) in [6.45, 7) is 5.42.